The largest absolute Gasteiger partial charge is 0.394 e. The second-order valence-electron chi connectivity index (χ2n) is 8.04. The number of carbonyl (C=O) groups is 2. The molecule has 1 saturated carbocycles. The van der Waals surface area contributed by atoms with E-state index in [0.29, 0.717) is 5.92 Å². The molecule has 0 spiro atoms. The van der Waals surface area contributed by atoms with Gasteiger partial charge in [0, 0.05) is 13.6 Å². The maximum absolute atomic E-state index is 12.9. The Morgan fingerprint density at radius 1 is 1.20 bits per heavy atom. The van der Waals surface area contributed by atoms with Crippen LogP contribution in [-0.4, -0.2) is 59.6 Å². The van der Waals surface area contributed by atoms with E-state index in [4.69, 9.17) is 0 Å². The SMILES string of the molecule is CNC(=O)C1(N2CCC[C@H]2C(=O)N[C@@H](CO)CC(C)C)CCCCC1. The zero-order valence-electron chi connectivity index (χ0n) is 16.0. The van der Waals surface area contributed by atoms with Crippen molar-refractivity contribution in [2.24, 2.45) is 5.92 Å². The molecular weight excluding hydrogens is 318 g/mol. The normalized spacial score (nSPS) is 24.9. The summed E-state index contributed by atoms with van der Waals surface area (Å²) in [6.45, 7) is 4.91. The zero-order chi connectivity index (χ0) is 18.4. The number of hydrogen-bond donors (Lipinski definition) is 3. The molecule has 0 unspecified atom stereocenters. The lowest BCUT2D eigenvalue weighted by Crippen LogP contribution is -2.63. The summed E-state index contributed by atoms with van der Waals surface area (Å²) in [4.78, 5) is 27.8. The molecule has 25 heavy (non-hydrogen) atoms. The monoisotopic (exact) mass is 353 g/mol. The van der Waals surface area contributed by atoms with Crippen LogP contribution in [-0.2, 0) is 9.59 Å². The lowest BCUT2D eigenvalue weighted by Gasteiger charge is -2.45. The quantitative estimate of drug-likeness (QED) is 0.647. The first-order valence-electron chi connectivity index (χ1n) is 9.84. The molecule has 0 bridgehead atoms. The molecule has 1 saturated heterocycles. The lowest BCUT2D eigenvalue weighted by atomic mass is 9.79. The molecule has 0 aromatic heterocycles. The van der Waals surface area contributed by atoms with Gasteiger partial charge >= 0.3 is 0 Å². The summed E-state index contributed by atoms with van der Waals surface area (Å²) >= 11 is 0. The summed E-state index contributed by atoms with van der Waals surface area (Å²) in [6.07, 6.45) is 7.35. The van der Waals surface area contributed by atoms with Gasteiger partial charge in [0.15, 0.2) is 0 Å². The van der Waals surface area contributed by atoms with Gasteiger partial charge in [-0.05, 0) is 38.0 Å². The fourth-order valence-corrected chi connectivity index (χ4v) is 4.61. The number of rotatable bonds is 7. The summed E-state index contributed by atoms with van der Waals surface area (Å²) in [7, 11) is 1.69. The average Bonchev–Trinajstić information content (AvgIpc) is 3.11. The molecule has 6 nitrogen and oxygen atoms in total. The molecule has 2 amide bonds. The Morgan fingerprint density at radius 2 is 1.88 bits per heavy atom. The summed E-state index contributed by atoms with van der Waals surface area (Å²) in [6, 6.07) is -0.478. The van der Waals surface area contributed by atoms with Crippen molar-refractivity contribution >= 4 is 11.8 Å². The predicted molar refractivity (Wildman–Crippen MR) is 98.1 cm³/mol. The smallest absolute Gasteiger partial charge is 0.240 e. The minimum absolute atomic E-state index is 0.0361. The molecule has 1 aliphatic heterocycles. The molecule has 2 atom stereocenters. The van der Waals surface area contributed by atoms with Crippen molar-refractivity contribution in [1.29, 1.82) is 0 Å². The van der Waals surface area contributed by atoms with E-state index in [9.17, 15) is 14.7 Å². The third-order valence-electron chi connectivity index (χ3n) is 5.76. The van der Waals surface area contributed by atoms with Gasteiger partial charge in [0.2, 0.25) is 11.8 Å². The van der Waals surface area contributed by atoms with E-state index in [2.05, 4.69) is 29.4 Å². The first-order valence-corrected chi connectivity index (χ1v) is 9.84. The second kappa shape index (κ2) is 8.99. The topological polar surface area (TPSA) is 81.7 Å². The van der Waals surface area contributed by atoms with E-state index in [0.717, 1.165) is 57.9 Å². The standard InChI is InChI=1S/C19H35N3O3/c1-14(2)12-15(13-23)21-17(24)16-8-7-11-22(16)19(18(25)20-3)9-5-4-6-10-19/h14-16,23H,4-13H2,1-3H3,(H,20,25)(H,21,24)/t15-,16+/m1/s1. The third-order valence-corrected chi connectivity index (χ3v) is 5.76. The van der Waals surface area contributed by atoms with Crippen LogP contribution in [0.25, 0.3) is 0 Å². The van der Waals surface area contributed by atoms with Crippen LogP contribution in [0.15, 0.2) is 0 Å². The van der Waals surface area contributed by atoms with Crippen molar-refractivity contribution < 1.29 is 14.7 Å². The van der Waals surface area contributed by atoms with Crippen LogP contribution >= 0.6 is 0 Å². The molecule has 144 valence electrons. The maximum atomic E-state index is 12.9. The average molecular weight is 354 g/mol. The second-order valence-corrected chi connectivity index (χ2v) is 8.04. The van der Waals surface area contributed by atoms with Crippen molar-refractivity contribution in [3.63, 3.8) is 0 Å². The minimum Gasteiger partial charge on any atom is -0.394 e. The van der Waals surface area contributed by atoms with Crippen LogP contribution in [0.5, 0.6) is 0 Å². The molecule has 0 radical (unpaired) electrons. The van der Waals surface area contributed by atoms with Crippen LogP contribution in [0.3, 0.4) is 0 Å². The molecule has 0 aromatic rings. The van der Waals surface area contributed by atoms with Crippen LogP contribution < -0.4 is 10.6 Å². The Hall–Kier alpha value is -1.14. The highest BCUT2D eigenvalue weighted by molar-refractivity contribution is 5.88. The number of nitrogens with one attached hydrogen (secondary N) is 2. The zero-order valence-corrected chi connectivity index (χ0v) is 16.0. The van der Waals surface area contributed by atoms with E-state index in [1.807, 2.05) is 0 Å². The summed E-state index contributed by atoms with van der Waals surface area (Å²) < 4.78 is 0. The Labute approximate surface area is 151 Å². The highest BCUT2D eigenvalue weighted by Crippen LogP contribution is 2.38. The van der Waals surface area contributed by atoms with Gasteiger partial charge < -0.3 is 15.7 Å². The van der Waals surface area contributed by atoms with Gasteiger partial charge in [0.25, 0.3) is 0 Å². The van der Waals surface area contributed by atoms with Gasteiger partial charge in [-0.15, -0.1) is 0 Å². The van der Waals surface area contributed by atoms with Gasteiger partial charge in [-0.2, -0.15) is 0 Å². The number of amides is 2. The van der Waals surface area contributed by atoms with E-state index >= 15 is 0 Å². The van der Waals surface area contributed by atoms with E-state index < -0.39 is 5.54 Å². The molecule has 3 N–H and O–H groups in total. The van der Waals surface area contributed by atoms with Gasteiger partial charge in [-0.3, -0.25) is 14.5 Å². The lowest BCUT2D eigenvalue weighted by molar-refractivity contribution is -0.140. The Morgan fingerprint density at radius 3 is 2.44 bits per heavy atom. The molecule has 2 rings (SSSR count). The highest BCUT2D eigenvalue weighted by Gasteiger charge is 2.50. The van der Waals surface area contributed by atoms with Gasteiger partial charge in [-0.1, -0.05) is 33.1 Å². The van der Waals surface area contributed by atoms with Crippen molar-refractivity contribution in [2.45, 2.75) is 82.8 Å². The maximum Gasteiger partial charge on any atom is 0.240 e. The molecule has 1 heterocycles. The molecule has 2 fully saturated rings. The van der Waals surface area contributed by atoms with Crippen LogP contribution in [0.2, 0.25) is 0 Å². The summed E-state index contributed by atoms with van der Waals surface area (Å²) in [5.74, 6) is 0.423. The van der Waals surface area contributed by atoms with Crippen molar-refractivity contribution in [3.05, 3.63) is 0 Å². The van der Waals surface area contributed by atoms with Crippen LogP contribution in [0.1, 0.15) is 65.2 Å². The van der Waals surface area contributed by atoms with Crippen LogP contribution in [0, 0.1) is 5.92 Å². The Kier molecular flexibility index (Phi) is 7.25. The van der Waals surface area contributed by atoms with Crippen molar-refractivity contribution in [2.75, 3.05) is 20.2 Å². The number of hydrogen-bond acceptors (Lipinski definition) is 4. The van der Waals surface area contributed by atoms with Gasteiger partial charge in [0.05, 0.1) is 18.7 Å². The van der Waals surface area contributed by atoms with Crippen LogP contribution in [0.4, 0.5) is 0 Å². The van der Waals surface area contributed by atoms with E-state index in [-0.39, 0.29) is 30.5 Å². The van der Waals surface area contributed by atoms with Gasteiger partial charge in [-0.25, -0.2) is 0 Å². The molecule has 1 aliphatic carbocycles. The fourth-order valence-electron chi connectivity index (χ4n) is 4.61. The number of aliphatic hydroxyl groups excluding tert-OH is 1. The fraction of sp³-hybridized carbons (Fsp3) is 0.895. The summed E-state index contributed by atoms with van der Waals surface area (Å²) in [5.41, 5.74) is -0.543. The molecule has 0 aromatic carbocycles. The molecule has 6 heteroatoms. The molecule has 2 aliphatic rings. The van der Waals surface area contributed by atoms with E-state index in [1.165, 1.54) is 0 Å². The van der Waals surface area contributed by atoms with E-state index in [1.54, 1.807) is 7.05 Å². The molecular formula is C19H35N3O3. The highest BCUT2D eigenvalue weighted by atomic mass is 16.3. The summed E-state index contributed by atoms with van der Waals surface area (Å²) in [5, 5.41) is 15.4. The number of carbonyl (C=O) groups excluding carboxylic acids is 2. The minimum atomic E-state index is -0.543. The predicted octanol–water partition coefficient (Wildman–Crippen LogP) is 1.42. The Balaban J connectivity index is 2.14. The Bertz CT molecular complexity index is 461. The number of likely N-dealkylation sites (N-methyl/N-ethyl adjacent to an activating group) is 1. The number of nitrogens with zero attached hydrogens (tertiary/aromatic N) is 1. The van der Waals surface area contributed by atoms with Gasteiger partial charge in [0.1, 0.15) is 5.54 Å². The van der Waals surface area contributed by atoms with Crippen molar-refractivity contribution in [1.82, 2.24) is 15.5 Å². The first kappa shape index (κ1) is 20.2. The number of likely N-dealkylation sites (tertiary alicyclic amines) is 1. The first-order chi connectivity index (χ1) is 11.9. The number of aliphatic hydroxyl groups is 1. The van der Waals surface area contributed by atoms with Crippen molar-refractivity contribution in [3.8, 4) is 0 Å². The third kappa shape index (κ3) is 4.53.